The highest BCUT2D eigenvalue weighted by molar-refractivity contribution is 8.76. The lowest BCUT2D eigenvalue weighted by molar-refractivity contribution is -0.246. The number of hydrogen-bond acceptors (Lipinski definition) is 20. The Kier molecular flexibility index (Phi) is 14.5. The number of carbonyl (C=O) groups excluding carboxylic acids is 6. The molecule has 4 aliphatic heterocycles. The first-order valence-electron chi connectivity index (χ1n) is 22.8. The summed E-state index contributed by atoms with van der Waals surface area (Å²) in [4.78, 5) is 86.1. The van der Waals surface area contributed by atoms with Gasteiger partial charge in [0.15, 0.2) is 23.6 Å². The van der Waals surface area contributed by atoms with Gasteiger partial charge in [-0.15, -0.1) is 0 Å². The summed E-state index contributed by atoms with van der Waals surface area (Å²) in [7, 11) is 4.47. The van der Waals surface area contributed by atoms with Crippen LogP contribution in [-0.2, 0) is 41.6 Å². The Morgan fingerprint density at radius 2 is 1.65 bits per heavy atom. The first-order chi connectivity index (χ1) is 34.0. The molecule has 3 aromatic rings. The van der Waals surface area contributed by atoms with Crippen molar-refractivity contribution in [2.24, 2.45) is 5.73 Å². The predicted octanol–water partition coefficient (Wildman–Crippen LogP) is 2.82. The van der Waals surface area contributed by atoms with E-state index in [2.05, 4.69) is 0 Å². The molecule has 6 aliphatic rings. The van der Waals surface area contributed by atoms with Gasteiger partial charge in [-0.05, 0) is 37.1 Å². The standard InChI is InChI=1S/C47H51ClN4O17S2/c1-21-43-27(12-34(67-21)68-32-14-47(63,33(55)16-54)13-24-36(32)42(59)38-37(40(24)57)39(56)23-5-3-6-31(64-2)35(23)41(38)58)52(20-66-43)45(61)65-17-22-7-8-30(25(48)11-22)69-46(62)51-10-4-9-50(44(60)26(49)15-53)28-18-70-71-19-29(28)51/h3,5-8,11,21,26-29,32,34,43,53-54,57,59,63H,4,9-10,12-20,49H2,1-2H3/t21-,26-,27+,28+,29+,32-,34-,43+,47-/m0/s1. The highest BCUT2D eigenvalue weighted by Crippen LogP contribution is 2.53. The van der Waals surface area contributed by atoms with Crippen LogP contribution in [0.2, 0.25) is 5.02 Å². The second kappa shape index (κ2) is 20.4. The van der Waals surface area contributed by atoms with Crippen LogP contribution in [0.25, 0.3) is 0 Å². The van der Waals surface area contributed by atoms with E-state index < -0.39 is 121 Å². The predicted molar refractivity (Wildman–Crippen MR) is 251 cm³/mol. The zero-order valence-electron chi connectivity index (χ0n) is 38.3. The molecule has 21 nitrogen and oxygen atoms in total. The fourth-order valence-electron chi connectivity index (χ4n) is 10.4. The number of aromatic hydroxyl groups is 2. The number of Topliss-reactive ketones (excluding diaryl/α,β-unsaturated/α-hetero) is 1. The lowest BCUT2D eigenvalue weighted by atomic mass is 9.72. The molecule has 4 fully saturated rings. The molecule has 9 rings (SSSR count). The largest absolute Gasteiger partial charge is 0.507 e. The van der Waals surface area contributed by atoms with E-state index in [1.54, 1.807) is 44.4 Å². The van der Waals surface area contributed by atoms with E-state index in [1.807, 2.05) is 0 Å². The molecule has 7 N–H and O–H groups in total. The number of carbonyl (C=O) groups is 6. The van der Waals surface area contributed by atoms with Crippen LogP contribution in [0.3, 0.4) is 0 Å². The highest BCUT2D eigenvalue weighted by Gasteiger charge is 2.53. The van der Waals surface area contributed by atoms with Gasteiger partial charge < -0.3 is 69.5 Å². The minimum Gasteiger partial charge on any atom is -0.507 e. The number of aliphatic hydroxyl groups excluding tert-OH is 2. The molecule has 0 unspecified atom stereocenters. The van der Waals surface area contributed by atoms with Crippen LogP contribution < -0.4 is 15.2 Å². The number of aliphatic hydroxyl groups is 3. The van der Waals surface area contributed by atoms with Crippen LogP contribution in [0.15, 0.2) is 36.4 Å². The van der Waals surface area contributed by atoms with Crippen LogP contribution in [-0.4, -0.2) is 176 Å². The Bertz CT molecular complexity index is 2680. The normalized spacial score (nSPS) is 27.3. The zero-order chi connectivity index (χ0) is 50.6. The Morgan fingerprint density at radius 3 is 2.35 bits per heavy atom. The summed E-state index contributed by atoms with van der Waals surface area (Å²) in [6, 6.07) is 6.37. The molecule has 24 heteroatoms. The van der Waals surface area contributed by atoms with E-state index in [9.17, 15) is 54.3 Å². The molecule has 71 heavy (non-hydrogen) atoms. The van der Waals surface area contributed by atoms with E-state index in [-0.39, 0.29) is 76.5 Å². The quantitative estimate of drug-likeness (QED) is 0.0983. The van der Waals surface area contributed by atoms with Crippen LogP contribution in [0.4, 0.5) is 9.59 Å². The number of halogens is 1. The number of rotatable bonds is 10. The number of ketones is 3. The molecule has 0 spiro atoms. The Morgan fingerprint density at radius 1 is 0.930 bits per heavy atom. The van der Waals surface area contributed by atoms with Crippen molar-refractivity contribution in [1.29, 1.82) is 0 Å². The van der Waals surface area contributed by atoms with E-state index in [0.29, 0.717) is 36.6 Å². The molecule has 0 saturated carbocycles. The molecule has 380 valence electrons. The number of benzene rings is 3. The van der Waals surface area contributed by atoms with Crippen LogP contribution in [0, 0.1) is 0 Å². The molecule has 4 saturated heterocycles. The first-order valence-corrected chi connectivity index (χ1v) is 25.6. The number of methoxy groups -OCH3 is 1. The van der Waals surface area contributed by atoms with Crippen LogP contribution >= 0.6 is 33.2 Å². The number of phenolic OH excluding ortho intramolecular Hbond substituents is 2. The average molecular weight is 1040 g/mol. The van der Waals surface area contributed by atoms with Crippen molar-refractivity contribution in [2.45, 2.75) is 93.6 Å². The molecule has 2 aliphatic carbocycles. The van der Waals surface area contributed by atoms with Crippen molar-refractivity contribution in [3.8, 4) is 23.0 Å². The minimum absolute atomic E-state index is 0.0524. The van der Waals surface area contributed by atoms with Gasteiger partial charge in [0, 0.05) is 60.5 Å². The number of nitrogens with two attached hydrogens (primary N) is 1. The number of amides is 3. The van der Waals surface area contributed by atoms with Crippen molar-refractivity contribution in [2.75, 3.05) is 51.6 Å². The molecular formula is C47H51ClN4O17S2. The Labute approximate surface area is 418 Å². The van der Waals surface area contributed by atoms with Gasteiger partial charge in [0.25, 0.3) is 0 Å². The molecule has 4 heterocycles. The topological polar surface area (TPSA) is 295 Å². The second-order valence-corrected chi connectivity index (χ2v) is 21.0. The van der Waals surface area contributed by atoms with Crippen molar-refractivity contribution in [3.05, 3.63) is 80.4 Å². The summed E-state index contributed by atoms with van der Waals surface area (Å²) in [6.07, 6.45) is -6.33. The third kappa shape index (κ3) is 9.18. The minimum atomic E-state index is -2.36. The van der Waals surface area contributed by atoms with E-state index in [4.69, 9.17) is 45.8 Å². The summed E-state index contributed by atoms with van der Waals surface area (Å²) in [5, 5.41) is 54.8. The monoisotopic (exact) mass is 1040 g/mol. The number of ether oxygens (including phenoxy) is 6. The number of phenols is 2. The third-order valence-corrected chi connectivity index (χ3v) is 16.7. The number of fused-ring (bicyclic) bond motifs is 5. The summed E-state index contributed by atoms with van der Waals surface area (Å²) in [5.74, 6) is -3.33. The second-order valence-electron chi connectivity index (χ2n) is 18.1. The molecule has 3 amide bonds. The van der Waals surface area contributed by atoms with Crippen LogP contribution in [0.1, 0.15) is 80.8 Å². The SMILES string of the molecule is COc1cccc2c1C(=O)c1c(O)c3c(c(O)c1C2=O)C[C@@](O)(C(=O)CO)C[C@@H]3O[C@H]1C[C@@H]2[C@H](OCN2C(=O)OCc2ccc(OC(=O)N3CCCN(C(=O)[C@@H](N)CO)[C@@H]4CSSC[C@H]43)c(Cl)c2)[C@H](C)O1. The first kappa shape index (κ1) is 50.7. The smallest absolute Gasteiger partial charge is 0.415 e. The maximum absolute atomic E-state index is 14.1. The lowest BCUT2D eigenvalue weighted by Crippen LogP contribution is -2.59. The maximum Gasteiger partial charge on any atom is 0.415 e. The van der Waals surface area contributed by atoms with Crippen molar-refractivity contribution in [3.63, 3.8) is 0 Å². The van der Waals surface area contributed by atoms with Crippen molar-refractivity contribution in [1.82, 2.24) is 14.7 Å². The maximum atomic E-state index is 14.1. The molecule has 9 atom stereocenters. The van der Waals surface area contributed by atoms with Gasteiger partial charge in [0.2, 0.25) is 11.7 Å². The van der Waals surface area contributed by atoms with Gasteiger partial charge in [-0.3, -0.25) is 24.1 Å². The van der Waals surface area contributed by atoms with E-state index >= 15 is 0 Å². The van der Waals surface area contributed by atoms with Crippen LogP contribution in [0.5, 0.6) is 23.0 Å². The van der Waals surface area contributed by atoms with Crippen molar-refractivity contribution < 1.29 is 82.7 Å². The van der Waals surface area contributed by atoms with Gasteiger partial charge in [-0.1, -0.05) is 51.4 Å². The average Bonchev–Trinajstić information content (AvgIpc) is 3.70. The number of nitrogens with zero attached hydrogens (tertiary/aromatic N) is 3. The highest BCUT2D eigenvalue weighted by atomic mass is 35.5. The van der Waals surface area contributed by atoms with Gasteiger partial charge in [0.1, 0.15) is 54.9 Å². The number of hydrogen-bond donors (Lipinski definition) is 6. The zero-order valence-corrected chi connectivity index (χ0v) is 40.7. The molecular weight excluding hydrogens is 992 g/mol. The Hall–Kier alpha value is -5.21. The van der Waals surface area contributed by atoms with Gasteiger partial charge in [0.05, 0.1) is 65.8 Å². The third-order valence-electron chi connectivity index (χ3n) is 13.9. The summed E-state index contributed by atoms with van der Waals surface area (Å²) in [5.41, 5.74) is 2.25. The van der Waals surface area contributed by atoms with Crippen molar-refractivity contribution >= 4 is 68.6 Å². The van der Waals surface area contributed by atoms with Gasteiger partial charge >= 0.3 is 12.2 Å². The summed E-state index contributed by atoms with van der Waals surface area (Å²) < 4.78 is 35.4. The van der Waals surface area contributed by atoms with E-state index in [0.717, 1.165) is 0 Å². The fraction of sp³-hybridized carbons (Fsp3) is 0.489. The summed E-state index contributed by atoms with van der Waals surface area (Å²) in [6.45, 7) is 0.316. The molecule has 0 bridgehead atoms. The Balaban J connectivity index is 0.886. The molecule has 0 radical (unpaired) electrons. The fourth-order valence-corrected chi connectivity index (χ4v) is 13.3. The lowest BCUT2D eigenvalue weighted by Gasteiger charge is -2.42. The van der Waals surface area contributed by atoms with E-state index in [1.165, 1.54) is 42.3 Å². The summed E-state index contributed by atoms with van der Waals surface area (Å²) >= 11 is 6.61. The van der Waals surface area contributed by atoms with Gasteiger partial charge in [-0.2, -0.15) is 0 Å². The molecule has 3 aromatic carbocycles. The van der Waals surface area contributed by atoms with Gasteiger partial charge in [-0.25, -0.2) is 9.59 Å². The molecule has 0 aromatic heterocycles.